The molecular weight excluding hydrogens is 224 g/mol. The Morgan fingerprint density at radius 2 is 2.06 bits per heavy atom. The second kappa shape index (κ2) is 5.19. The molecule has 1 aliphatic rings. The molecule has 2 heterocycles. The molecule has 2 aromatic rings. The highest BCUT2D eigenvalue weighted by Crippen LogP contribution is 2.18. The van der Waals surface area contributed by atoms with Gasteiger partial charge in [0.05, 0.1) is 0 Å². The zero-order valence-corrected chi connectivity index (χ0v) is 10.2. The smallest absolute Gasteiger partial charge is 0.213 e. The quantitative estimate of drug-likeness (QED) is 0.894. The monoisotopic (exact) mass is 240 g/mol. The maximum atomic E-state index is 5.73. The van der Waals surface area contributed by atoms with E-state index in [0.29, 0.717) is 6.61 Å². The first-order chi connectivity index (χ1) is 8.92. The number of pyridine rings is 1. The van der Waals surface area contributed by atoms with E-state index in [1.807, 2.05) is 24.4 Å². The highest BCUT2D eigenvalue weighted by atomic mass is 16.5. The molecule has 0 aliphatic carbocycles. The van der Waals surface area contributed by atoms with Crippen molar-refractivity contribution in [2.45, 2.75) is 19.6 Å². The molecule has 0 saturated carbocycles. The van der Waals surface area contributed by atoms with Crippen molar-refractivity contribution in [1.82, 2.24) is 10.3 Å². The van der Waals surface area contributed by atoms with Gasteiger partial charge in [-0.05, 0) is 29.7 Å². The van der Waals surface area contributed by atoms with Crippen LogP contribution in [0, 0.1) is 0 Å². The zero-order chi connectivity index (χ0) is 12.2. The van der Waals surface area contributed by atoms with E-state index >= 15 is 0 Å². The molecule has 3 nitrogen and oxygen atoms in total. The van der Waals surface area contributed by atoms with E-state index in [4.69, 9.17) is 4.74 Å². The van der Waals surface area contributed by atoms with Gasteiger partial charge in [0.1, 0.15) is 6.61 Å². The van der Waals surface area contributed by atoms with E-state index in [1.54, 1.807) is 0 Å². The van der Waals surface area contributed by atoms with Crippen molar-refractivity contribution in [2.75, 3.05) is 6.54 Å². The molecule has 1 aromatic carbocycles. The molecule has 1 N–H and O–H groups in total. The van der Waals surface area contributed by atoms with Crippen LogP contribution in [0.5, 0.6) is 5.88 Å². The standard InChI is InChI=1S/C15H16N2O/c1-2-4-12(5-3-1)11-18-15-8-13-6-7-16-9-14(13)10-17-15/h1-5,8,10,16H,6-7,9,11H2. The summed E-state index contributed by atoms with van der Waals surface area (Å²) in [6, 6.07) is 12.2. The highest BCUT2D eigenvalue weighted by molar-refractivity contribution is 5.31. The number of nitrogens with one attached hydrogen (secondary N) is 1. The van der Waals surface area contributed by atoms with Crippen LogP contribution in [-0.2, 0) is 19.6 Å². The van der Waals surface area contributed by atoms with Crippen LogP contribution in [-0.4, -0.2) is 11.5 Å². The van der Waals surface area contributed by atoms with E-state index in [-0.39, 0.29) is 0 Å². The van der Waals surface area contributed by atoms with Crippen LogP contribution in [0.2, 0.25) is 0 Å². The summed E-state index contributed by atoms with van der Waals surface area (Å²) in [6.07, 6.45) is 2.97. The Hall–Kier alpha value is -1.87. The Morgan fingerprint density at radius 1 is 1.17 bits per heavy atom. The lowest BCUT2D eigenvalue weighted by Crippen LogP contribution is -2.23. The van der Waals surface area contributed by atoms with Gasteiger partial charge in [0, 0.05) is 18.8 Å². The summed E-state index contributed by atoms with van der Waals surface area (Å²) in [4.78, 5) is 4.34. The molecule has 18 heavy (non-hydrogen) atoms. The third-order valence-electron chi connectivity index (χ3n) is 3.17. The number of benzene rings is 1. The summed E-state index contributed by atoms with van der Waals surface area (Å²) < 4.78 is 5.73. The van der Waals surface area contributed by atoms with Crippen LogP contribution in [0.3, 0.4) is 0 Å². The molecule has 3 heteroatoms. The van der Waals surface area contributed by atoms with Crippen molar-refractivity contribution < 1.29 is 4.74 Å². The van der Waals surface area contributed by atoms with Crippen LogP contribution in [0.1, 0.15) is 16.7 Å². The van der Waals surface area contributed by atoms with Gasteiger partial charge in [0.25, 0.3) is 0 Å². The van der Waals surface area contributed by atoms with Gasteiger partial charge in [-0.15, -0.1) is 0 Å². The lowest BCUT2D eigenvalue weighted by Gasteiger charge is -2.17. The molecule has 92 valence electrons. The first-order valence-electron chi connectivity index (χ1n) is 6.27. The van der Waals surface area contributed by atoms with Crippen molar-refractivity contribution in [1.29, 1.82) is 0 Å². The molecule has 1 aromatic heterocycles. The third-order valence-corrected chi connectivity index (χ3v) is 3.17. The van der Waals surface area contributed by atoms with E-state index in [0.717, 1.165) is 25.4 Å². The fourth-order valence-corrected chi connectivity index (χ4v) is 2.15. The van der Waals surface area contributed by atoms with Gasteiger partial charge < -0.3 is 10.1 Å². The number of aromatic nitrogens is 1. The molecule has 0 spiro atoms. The van der Waals surface area contributed by atoms with E-state index in [9.17, 15) is 0 Å². The molecule has 0 fully saturated rings. The lowest BCUT2D eigenvalue weighted by atomic mass is 10.0. The van der Waals surface area contributed by atoms with E-state index in [1.165, 1.54) is 16.7 Å². The Morgan fingerprint density at radius 3 is 2.94 bits per heavy atom. The first-order valence-corrected chi connectivity index (χ1v) is 6.27. The summed E-state index contributed by atoms with van der Waals surface area (Å²) in [5, 5.41) is 3.34. The van der Waals surface area contributed by atoms with Gasteiger partial charge in [-0.2, -0.15) is 0 Å². The van der Waals surface area contributed by atoms with Gasteiger partial charge in [-0.3, -0.25) is 0 Å². The fourth-order valence-electron chi connectivity index (χ4n) is 2.15. The topological polar surface area (TPSA) is 34.1 Å². The molecule has 3 rings (SSSR count). The highest BCUT2D eigenvalue weighted by Gasteiger charge is 2.10. The number of hydrogen-bond acceptors (Lipinski definition) is 3. The normalized spacial score (nSPS) is 14.0. The summed E-state index contributed by atoms with van der Waals surface area (Å²) in [7, 11) is 0. The minimum absolute atomic E-state index is 0.574. The summed E-state index contributed by atoms with van der Waals surface area (Å²) in [5.74, 6) is 0.722. The van der Waals surface area contributed by atoms with Gasteiger partial charge in [0.15, 0.2) is 0 Å². The van der Waals surface area contributed by atoms with Crippen LogP contribution >= 0.6 is 0 Å². The SMILES string of the molecule is c1ccc(COc2cc3c(cn2)CNCC3)cc1. The van der Waals surface area contributed by atoms with Crippen molar-refractivity contribution >= 4 is 0 Å². The number of fused-ring (bicyclic) bond motifs is 1. The average molecular weight is 240 g/mol. The minimum Gasteiger partial charge on any atom is -0.473 e. The molecule has 0 atom stereocenters. The van der Waals surface area contributed by atoms with Crippen LogP contribution < -0.4 is 10.1 Å². The molecule has 0 radical (unpaired) electrons. The van der Waals surface area contributed by atoms with Crippen molar-refractivity contribution in [3.8, 4) is 5.88 Å². The Balaban J connectivity index is 1.70. The van der Waals surface area contributed by atoms with Gasteiger partial charge in [0.2, 0.25) is 5.88 Å². The third kappa shape index (κ3) is 2.51. The van der Waals surface area contributed by atoms with Gasteiger partial charge >= 0.3 is 0 Å². The fraction of sp³-hybridized carbons (Fsp3) is 0.267. The van der Waals surface area contributed by atoms with Crippen LogP contribution in [0.4, 0.5) is 0 Å². The van der Waals surface area contributed by atoms with Crippen LogP contribution in [0.15, 0.2) is 42.6 Å². The lowest BCUT2D eigenvalue weighted by molar-refractivity contribution is 0.293. The number of nitrogens with zero attached hydrogens (tertiary/aromatic N) is 1. The Bertz CT molecular complexity index is 525. The summed E-state index contributed by atoms with van der Waals surface area (Å²) in [5.41, 5.74) is 3.80. The second-order valence-electron chi connectivity index (χ2n) is 4.49. The van der Waals surface area contributed by atoms with Crippen molar-refractivity contribution in [3.05, 3.63) is 59.3 Å². The maximum absolute atomic E-state index is 5.73. The Kier molecular flexibility index (Phi) is 3.24. The van der Waals surface area contributed by atoms with Crippen molar-refractivity contribution in [3.63, 3.8) is 0 Å². The maximum Gasteiger partial charge on any atom is 0.213 e. The Labute approximate surface area is 107 Å². The predicted octanol–water partition coefficient (Wildman–Crippen LogP) is 2.31. The second-order valence-corrected chi connectivity index (χ2v) is 4.49. The molecule has 1 aliphatic heterocycles. The number of ether oxygens (including phenoxy) is 1. The molecule has 0 unspecified atom stereocenters. The summed E-state index contributed by atoms with van der Waals surface area (Å²) >= 11 is 0. The summed E-state index contributed by atoms with van der Waals surface area (Å²) in [6.45, 7) is 2.53. The molecule has 0 saturated heterocycles. The zero-order valence-electron chi connectivity index (χ0n) is 10.2. The molecular formula is C15H16N2O. The minimum atomic E-state index is 0.574. The van der Waals surface area contributed by atoms with Gasteiger partial charge in [-0.1, -0.05) is 30.3 Å². The van der Waals surface area contributed by atoms with Crippen LogP contribution in [0.25, 0.3) is 0 Å². The van der Waals surface area contributed by atoms with E-state index in [2.05, 4.69) is 28.5 Å². The molecule has 0 bridgehead atoms. The average Bonchev–Trinajstić information content (AvgIpc) is 2.46. The van der Waals surface area contributed by atoms with Crippen molar-refractivity contribution in [2.24, 2.45) is 0 Å². The number of hydrogen-bond donors (Lipinski definition) is 1. The van der Waals surface area contributed by atoms with Gasteiger partial charge in [-0.25, -0.2) is 4.98 Å². The first kappa shape index (κ1) is 11.2. The largest absolute Gasteiger partial charge is 0.473 e. The van der Waals surface area contributed by atoms with E-state index < -0.39 is 0 Å². The number of rotatable bonds is 3. The predicted molar refractivity (Wildman–Crippen MR) is 70.4 cm³/mol. The molecule has 0 amide bonds.